The van der Waals surface area contributed by atoms with Crippen LogP contribution in [-0.2, 0) is 4.74 Å². The van der Waals surface area contributed by atoms with Crippen molar-refractivity contribution in [2.24, 2.45) is 0 Å². The molecule has 2 aliphatic rings. The fraction of sp³-hybridized carbons (Fsp3) is 1.00. The quantitative estimate of drug-likeness (QED) is 0.783. The Morgan fingerprint density at radius 1 is 1.26 bits per heavy atom. The number of nitrogens with one attached hydrogen (secondary N) is 1. The molecule has 2 rings (SSSR count). The van der Waals surface area contributed by atoms with E-state index in [1.807, 2.05) is 0 Å². The van der Waals surface area contributed by atoms with Gasteiger partial charge in [-0.1, -0.05) is 13.3 Å². The lowest BCUT2D eigenvalue weighted by molar-refractivity contribution is -0.0512. The van der Waals surface area contributed by atoms with Gasteiger partial charge in [-0.25, -0.2) is 0 Å². The van der Waals surface area contributed by atoms with Crippen LogP contribution in [-0.4, -0.2) is 74.9 Å². The van der Waals surface area contributed by atoms with Crippen molar-refractivity contribution >= 4 is 0 Å². The van der Waals surface area contributed by atoms with Gasteiger partial charge < -0.3 is 10.1 Å². The zero-order valence-electron chi connectivity index (χ0n) is 12.7. The molecule has 2 fully saturated rings. The van der Waals surface area contributed by atoms with Crippen LogP contribution < -0.4 is 5.32 Å². The van der Waals surface area contributed by atoms with E-state index in [9.17, 15) is 0 Å². The Balaban J connectivity index is 1.80. The van der Waals surface area contributed by atoms with Crippen molar-refractivity contribution in [3.8, 4) is 0 Å². The van der Waals surface area contributed by atoms with Crippen LogP contribution in [0.4, 0.5) is 0 Å². The number of likely N-dealkylation sites (tertiary alicyclic amines) is 1. The first-order chi connectivity index (χ1) is 9.33. The molecule has 2 heterocycles. The van der Waals surface area contributed by atoms with E-state index in [-0.39, 0.29) is 0 Å². The van der Waals surface area contributed by atoms with Crippen LogP contribution in [0.2, 0.25) is 0 Å². The number of piperidine rings is 1. The molecule has 0 bridgehead atoms. The lowest BCUT2D eigenvalue weighted by Crippen LogP contribution is -2.51. The summed E-state index contributed by atoms with van der Waals surface area (Å²) in [5, 5.41) is 3.29. The Morgan fingerprint density at radius 3 is 2.95 bits per heavy atom. The van der Waals surface area contributed by atoms with Gasteiger partial charge in [-0.3, -0.25) is 9.80 Å². The predicted molar refractivity (Wildman–Crippen MR) is 79.6 cm³/mol. The maximum Gasteiger partial charge on any atom is 0.0829 e. The van der Waals surface area contributed by atoms with Crippen LogP contribution in [0.15, 0.2) is 0 Å². The minimum atomic E-state index is 0.420. The fourth-order valence-electron chi connectivity index (χ4n) is 3.38. The number of nitrogens with zero attached hydrogens (tertiary/aromatic N) is 2. The van der Waals surface area contributed by atoms with Gasteiger partial charge in [0.25, 0.3) is 0 Å². The second-order valence-corrected chi connectivity index (χ2v) is 5.92. The summed E-state index contributed by atoms with van der Waals surface area (Å²) in [6, 6.07) is 0.766. The number of ether oxygens (including phenoxy) is 1. The lowest BCUT2D eigenvalue weighted by Gasteiger charge is -2.40. The van der Waals surface area contributed by atoms with Crippen molar-refractivity contribution in [3.63, 3.8) is 0 Å². The van der Waals surface area contributed by atoms with Crippen LogP contribution in [0.3, 0.4) is 0 Å². The smallest absolute Gasteiger partial charge is 0.0829 e. The molecule has 112 valence electrons. The molecule has 2 aliphatic heterocycles. The maximum atomic E-state index is 5.97. The molecule has 2 saturated heterocycles. The second kappa shape index (κ2) is 8.20. The first kappa shape index (κ1) is 15.2. The summed E-state index contributed by atoms with van der Waals surface area (Å²) in [5.41, 5.74) is 0. The Bertz CT molecular complexity index is 250. The van der Waals surface area contributed by atoms with Gasteiger partial charge in [-0.15, -0.1) is 0 Å². The van der Waals surface area contributed by atoms with Gasteiger partial charge in [0.2, 0.25) is 0 Å². The highest BCUT2D eigenvalue weighted by Gasteiger charge is 2.27. The molecule has 1 N–H and O–H groups in total. The van der Waals surface area contributed by atoms with E-state index in [1.54, 1.807) is 0 Å². The molecule has 0 aromatic carbocycles. The molecule has 0 radical (unpaired) electrons. The first-order valence-corrected chi connectivity index (χ1v) is 8.06. The number of likely N-dealkylation sites (N-methyl/N-ethyl adjacent to an activating group) is 1. The lowest BCUT2D eigenvalue weighted by atomic mass is 9.98. The van der Waals surface area contributed by atoms with E-state index >= 15 is 0 Å². The Morgan fingerprint density at radius 2 is 2.16 bits per heavy atom. The zero-order valence-corrected chi connectivity index (χ0v) is 12.7. The molecule has 2 unspecified atom stereocenters. The maximum absolute atomic E-state index is 5.97. The van der Waals surface area contributed by atoms with E-state index < -0.39 is 0 Å². The summed E-state index contributed by atoms with van der Waals surface area (Å²) in [7, 11) is 2.05. The van der Waals surface area contributed by atoms with Gasteiger partial charge in [-0.2, -0.15) is 0 Å². The van der Waals surface area contributed by atoms with Crippen LogP contribution >= 0.6 is 0 Å². The predicted octanol–water partition coefficient (Wildman–Crippen LogP) is 1.17. The largest absolute Gasteiger partial charge is 0.374 e. The summed E-state index contributed by atoms with van der Waals surface area (Å²) >= 11 is 0. The fourth-order valence-corrected chi connectivity index (χ4v) is 3.38. The molecule has 4 heteroatoms. The topological polar surface area (TPSA) is 27.7 Å². The molecule has 0 saturated carbocycles. The number of morpholine rings is 1. The molecule has 0 spiro atoms. The third-order valence-electron chi connectivity index (χ3n) is 4.58. The summed E-state index contributed by atoms with van der Waals surface area (Å²) in [5.74, 6) is 0. The van der Waals surface area contributed by atoms with Crippen LogP contribution in [0.25, 0.3) is 0 Å². The summed E-state index contributed by atoms with van der Waals surface area (Å²) in [6.07, 6.45) is 5.83. The molecule has 4 nitrogen and oxygen atoms in total. The molecule has 0 aliphatic carbocycles. The molecule has 19 heavy (non-hydrogen) atoms. The van der Waals surface area contributed by atoms with Gasteiger partial charge >= 0.3 is 0 Å². The minimum absolute atomic E-state index is 0.420. The highest BCUT2D eigenvalue weighted by molar-refractivity contribution is 4.82. The second-order valence-electron chi connectivity index (χ2n) is 5.92. The van der Waals surface area contributed by atoms with Gasteiger partial charge in [-0.05, 0) is 45.9 Å². The Kier molecular flexibility index (Phi) is 6.57. The first-order valence-electron chi connectivity index (χ1n) is 8.06. The van der Waals surface area contributed by atoms with Crippen molar-refractivity contribution in [1.82, 2.24) is 15.1 Å². The molecular formula is C15H31N3O. The molecule has 0 aromatic heterocycles. The molecular weight excluding hydrogens is 238 g/mol. The SMILES string of the molecule is CCN1CCOC(CN2CCCCC2CCNC)C1. The van der Waals surface area contributed by atoms with E-state index in [0.29, 0.717) is 6.10 Å². The summed E-state index contributed by atoms with van der Waals surface area (Å²) < 4.78 is 5.97. The van der Waals surface area contributed by atoms with Crippen LogP contribution in [0.5, 0.6) is 0 Å². The van der Waals surface area contributed by atoms with Gasteiger partial charge in [0.05, 0.1) is 12.7 Å². The number of rotatable bonds is 6. The average Bonchev–Trinajstić information content (AvgIpc) is 2.46. The minimum Gasteiger partial charge on any atom is -0.374 e. The van der Waals surface area contributed by atoms with Crippen LogP contribution in [0, 0.1) is 0 Å². The summed E-state index contributed by atoms with van der Waals surface area (Å²) in [4.78, 5) is 5.20. The highest BCUT2D eigenvalue weighted by Crippen LogP contribution is 2.20. The average molecular weight is 269 g/mol. The number of hydrogen-bond donors (Lipinski definition) is 1. The van der Waals surface area contributed by atoms with E-state index in [0.717, 1.165) is 45.4 Å². The van der Waals surface area contributed by atoms with Gasteiger partial charge in [0, 0.05) is 25.7 Å². The third-order valence-corrected chi connectivity index (χ3v) is 4.58. The van der Waals surface area contributed by atoms with E-state index in [2.05, 4.69) is 29.1 Å². The molecule has 0 amide bonds. The van der Waals surface area contributed by atoms with Gasteiger partial charge in [0.1, 0.15) is 0 Å². The molecule has 0 aromatic rings. The van der Waals surface area contributed by atoms with E-state index in [4.69, 9.17) is 4.74 Å². The zero-order chi connectivity index (χ0) is 13.5. The van der Waals surface area contributed by atoms with Crippen molar-refractivity contribution in [2.75, 3.05) is 52.9 Å². The van der Waals surface area contributed by atoms with Crippen molar-refractivity contribution in [1.29, 1.82) is 0 Å². The Hall–Kier alpha value is -0.160. The Labute approximate surface area is 118 Å². The van der Waals surface area contributed by atoms with E-state index in [1.165, 1.54) is 32.2 Å². The number of hydrogen-bond acceptors (Lipinski definition) is 4. The van der Waals surface area contributed by atoms with Crippen molar-refractivity contribution in [2.45, 2.75) is 44.8 Å². The van der Waals surface area contributed by atoms with Crippen LogP contribution in [0.1, 0.15) is 32.6 Å². The van der Waals surface area contributed by atoms with Gasteiger partial charge in [0.15, 0.2) is 0 Å². The monoisotopic (exact) mass is 269 g/mol. The van der Waals surface area contributed by atoms with Crippen molar-refractivity contribution in [3.05, 3.63) is 0 Å². The van der Waals surface area contributed by atoms with Crippen molar-refractivity contribution < 1.29 is 4.74 Å². The normalized spacial score (nSPS) is 30.6. The standard InChI is InChI=1S/C15H31N3O/c1-3-17-10-11-19-15(12-17)13-18-9-5-4-6-14(18)7-8-16-2/h14-16H,3-13H2,1-2H3. The summed E-state index contributed by atoms with van der Waals surface area (Å²) in [6.45, 7) is 10.1. The third kappa shape index (κ3) is 4.71. The highest BCUT2D eigenvalue weighted by atomic mass is 16.5. The molecule has 2 atom stereocenters.